The van der Waals surface area contributed by atoms with Crippen molar-refractivity contribution in [1.29, 1.82) is 0 Å². The molecule has 1 amide bonds. The van der Waals surface area contributed by atoms with E-state index in [1.165, 1.54) is 5.56 Å². The van der Waals surface area contributed by atoms with Crippen LogP contribution in [0.3, 0.4) is 0 Å². The first kappa shape index (κ1) is 16.0. The minimum atomic E-state index is 0.0317. The van der Waals surface area contributed by atoms with Gasteiger partial charge >= 0.3 is 0 Å². The van der Waals surface area contributed by atoms with Crippen LogP contribution in [0.1, 0.15) is 29.8 Å². The van der Waals surface area contributed by atoms with Crippen LogP contribution in [0.15, 0.2) is 48.8 Å². The topological polar surface area (TPSA) is 45.2 Å². The standard InChI is InChI=1S/C18H23N3O/c1-3-21(4-2)18(22)16-12-17(14-19-13-16)20-11-10-15-8-6-5-7-9-15/h5-9,12-14,20H,3-4,10-11H2,1-2H3. The Kier molecular flexibility index (Phi) is 5.95. The van der Waals surface area contributed by atoms with Crippen LogP contribution >= 0.6 is 0 Å². The lowest BCUT2D eigenvalue weighted by molar-refractivity contribution is 0.0772. The van der Waals surface area contributed by atoms with E-state index >= 15 is 0 Å². The molecule has 1 heterocycles. The van der Waals surface area contributed by atoms with Crippen molar-refractivity contribution in [3.63, 3.8) is 0 Å². The van der Waals surface area contributed by atoms with Crippen molar-refractivity contribution in [2.45, 2.75) is 20.3 Å². The van der Waals surface area contributed by atoms with Gasteiger partial charge in [0.2, 0.25) is 0 Å². The number of carbonyl (C=O) groups excluding carboxylic acids is 1. The molecule has 2 aromatic rings. The second-order valence-electron chi connectivity index (χ2n) is 5.10. The van der Waals surface area contributed by atoms with Gasteiger partial charge in [0, 0.05) is 32.0 Å². The van der Waals surface area contributed by atoms with Crippen molar-refractivity contribution in [1.82, 2.24) is 9.88 Å². The van der Waals surface area contributed by atoms with Crippen LogP contribution < -0.4 is 5.32 Å². The molecule has 0 atom stereocenters. The fourth-order valence-corrected chi connectivity index (χ4v) is 2.34. The highest BCUT2D eigenvalue weighted by Gasteiger charge is 2.12. The molecule has 0 unspecified atom stereocenters. The van der Waals surface area contributed by atoms with Gasteiger partial charge in [-0.1, -0.05) is 30.3 Å². The third-order valence-corrected chi connectivity index (χ3v) is 3.62. The number of pyridine rings is 1. The highest BCUT2D eigenvalue weighted by Crippen LogP contribution is 2.11. The zero-order chi connectivity index (χ0) is 15.8. The zero-order valence-electron chi connectivity index (χ0n) is 13.2. The molecule has 0 fully saturated rings. The first-order valence-corrected chi connectivity index (χ1v) is 7.76. The number of rotatable bonds is 7. The Labute approximate surface area is 132 Å². The van der Waals surface area contributed by atoms with Crippen molar-refractivity contribution >= 4 is 11.6 Å². The van der Waals surface area contributed by atoms with Gasteiger partial charge < -0.3 is 10.2 Å². The number of hydrogen-bond acceptors (Lipinski definition) is 3. The normalized spacial score (nSPS) is 10.3. The van der Waals surface area contributed by atoms with Gasteiger partial charge in [0.05, 0.1) is 11.3 Å². The predicted molar refractivity (Wildman–Crippen MR) is 90.1 cm³/mol. The van der Waals surface area contributed by atoms with Gasteiger partial charge in [-0.3, -0.25) is 9.78 Å². The molecule has 1 aromatic carbocycles. The van der Waals surface area contributed by atoms with Crippen molar-refractivity contribution in [3.8, 4) is 0 Å². The molecule has 1 aromatic heterocycles. The van der Waals surface area contributed by atoms with Crippen LogP contribution in [-0.4, -0.2) is 35.4 Å². The van der Waals surface area contributed by atoms with E-state index in [1.807, 2.05) is 38.1 Å². The van der Waals surface area contributed by atoms with Crippen molar-refractivity contribution in [3.05, 3.63) is 59.9 Å². The Balaban J connectivity index is 1.95. The monoisotopic (exact) mass is 297 g/mol. The maximum absolute atomic E-state index is 12.3. The van der Waals surface area contributed by atoms with Gasteiger partial charge in [-0.05, 0) is 31.9 Å². The molecule has 22 heavy (non-hydrogen) atoms. The number of amides is 1. The number of anilines is 1. The minimum absolute atomic E-state index is 0.0317. The lowest BCUT2D eigenvalue weighted by atomic mass is 10.1. The molecule has 0 saturated heterocycles. The summed E-state index contributed by atoms with van der Waals surface area (Å²) in [6.45, 7) is 6.20. The molecule has 0 radical (unpaired) electrons. The molecule has 116 valence electrons. The number of benzene rings is 1. The van der Waals surface area contributed by atoms with E-state index in [0.717, 1.165) is 18.7 Å². The molecule has 4 nitrogen and oxygen atoms in total. The summed E-state index contributed by atoms with van der Waals surface area (Å²) in [6, 6.07) is 12.2. The number of hydrogen-bond donors (Lipinski definition) is 1. The van der Waals surface area contributed by atoms with Crippen molar-refractivity contribution < 1.29 is 4.79 Å². The summed E-state index contributed by atoms with van der Waals surface area (Å²) in [5, 5.41) is 3.33. The third kappa shape index (κ3) is 4.32. The molecule has 0 spiro atoms. The number of aromatic nitrogens is 1. The van der Waals surface area contributed by atoms with Crippen LogP contribution in [-0.2, 0) is 6.42 Å². The number of carbonyl (C=O) groups is 1. The lowest BCUT2D eigenvalue weighted by Gasteiger charge is -2.18. The fraction of sp³-hybridized carbons (Fsp3) is 0.333. The Morgan fingerprint density at radius 1 is 1.14 bits per heavy atom. The summed E-state index contributed by atoms with van der Waals surface area (Å²) >= 11 is 0. The summed E-state index contributed by atoms with van der Waals surface area (Å²) in [4.78, 5) is 18.3. The maximum atomic E-state index is 12.3. The molecule has 0 aliphatic heterocycles. The van der Waals surface area contributed by atoms with E-state index in [2.05, 4.69) is 22.4 Å². The Morgan fingerprint density at radius 2 is 1.86 bits per heavy atom. The average Bonchev–Trinajstić information content (AvgIpc) is 2.57. The molecule has 0 bridgehead atoms. The highest BCUT2D eigenvalue weighted by atomic mass is 16.2. The highest BCUT2D eigenvalue weighted by molar-refractivity contribution is 5.94. The quantitative estimate of drug-likeness (QED) is 0.853. The second kappa shape index (κ2) is 8.17. The van der Waals surface area contributed by atoms with E-state index in [1.54, 1.807) is 17.3 Å². The van der Waals surface area contributed by atoms with Crippen molar-refractivity contribution in [2.75, 3.05) is 25.0 Å². The van der Waals surface area contributed by atoms with Crippen LogP contribution in [0.25, 0.3) is 0 Å². The predicted octanol–water partition coefficient (Wildman–Crippen LogP) is 3.22. The van der Waals surface area contributed by atoms with Crippen LogP contribution in [0.2, 0.25) is 0 Å². The van der Waals surface area contributed by atoms with Gasteiger partial charge in [0.25, 0.3) is 5.91 Å². The van der Waals surface area contributed by atoms with Crippen LogP contribution in [0.5, 0.6) is 0 Å². The van der Waals surface area contributed by atoms with E-state index < -0.39 is 0 Å². The second-order valence-corrected chi connectivity index (χ2v) is 5.10. The molecule has 2 rings (SSSR count). The first-order chi connectivity index (χ1) is 10.7. The third-order valence-electron chi connectivity index (χ3n) is 3.62. The molecule has 0 saturated carbocycles. The van der Waals surface area contributed by atoms with Crippen LogP contribution in [0.4, 0.5) is 5.69 Å². The fourth-order valence-electron chi connectivity index (χ4n) is 2.34. The van der Waals surface area contributed by atoms with E-state index in [-0.39, 0.29) is 5.91 Å². The average molecular weight is 297 g/mol. The van der Waals surface area contributed by atoms with E-state index in [9.17, 15) is 4.79 Å². The smallest absolute Gasteiger partial charge is 0.255 e. The van der Waals surface area contributed by atoms with Gasteiger partial charge in [0.15, 0.2) is 0 Å². The summed E-state index contributed by atoms with van der Waals surface area (Å²) < 4.78 is 0. The molecule has 1 N–H and O–H groups in total. The van der Waals surface area contributed by atoms with Crippen molar-refractivity contribution in [2.24, 2.45) is 0 Å². The van der Waals surface area contributed by atoms with Gasteiger partial charge in [-0.2, -0.15) is 0 Å². The maximum Gasteiger partial charge on any atom is 0.255 e. The molecular weight excluding hydrogens is 274 g/mol. The molecule has 0 aliphatic carbocycles. The first-order valence-electron chi connectivity index (χ1n) is 7.76. The number of nitrogens with zero attached hydrogens (tertiary/aromatic N) is 2. The lowest BCUT2D eigenvalue weighted by Crippen LogP contribution is -2.30. The van der Waals surface area contributed by atoms with Gasteiger partial charge in [-0.15, -0.1) is 0 Å². The SMILES string of the molecule is CCN(CC)C(=O)c1cncc(NCCc2ccccc2)c1. The summed E-state index contributed by atoms with van der Waals surface area (Å²) in [5.41, 5.74) is 2.81. The minimum Gasteiger partial charge on any atom is -0.383 e. The Morgan fingerprint density at radius 3 is 2.55 bits per heavy atom. The zero-order valence-corrected chi connectivity index (χ0v) is 13.2. The van der Waals surface area contributed by atoms with Crippen LogP contribution in [0, 0.1) is 0 Å². The van der Waals surface area contributed by atoms with Gasteiger partial charge in [0.1, 0.15) is 0 Å². The molecule has 0 aliphatic rings. The Bertz CT molecular complexity index is 594. The molecular formula is C18H23N3O. The molecule has 4 heteroatoms. The largest absolute Gasteiger partial charge is 0.383 e. The summed E-state index contributed by atoms with van der Waals surface area (Å²) in [7, 11) is 0. The Hall–Kier alpha value is -2.36. The van der Waals surface area contributed by atoms with Gasteiger partial charge in [-0.25, -0.2) is 0 Å². The van der Waals surface area contributed by atoms with E-state index in [0.29, 0.717) is 18.7 Å². The summed E-state index contributed by atoms with van der Waals surface area (Å²) in [6.07, 6.45) is 4.32. The summed E-state index contributed by atoms with van der Waals surface area (Å²) in [5.74, 6) is 0.0317. The van der Waals surface area contributed by atoms with E-state index in [4.69, 9.17) is 0 Å². The number of nitrogens with one attached hydrogen (secondary N) is 1.